The Morgan fingerprint density at radius 2 is 1.73 bits per heavy atom. The van der Waals surface area contributed by atoms with Gasteiger partial charge in [-0.3, -0.25) is 13.9 Å². The van der Waals surface area contributed by atoms with Crippen molar-refractivity contribution < 1.29 is 31.2 Å². The third kappa shape index (κ3) is 6.47. The van der Waals surface area contributed by atoms with Gasteiger partial charge in [0.25, 0.3) is 5.91 Å². The maximum Gasteiger partial charge on any atom is 0.254 e. The van der Waals surface area contributed by atoms with E-state index in [-0.39, 0.29) is 46.7 Å². The van der Waals surface area contributed by atoms with Crippen molar-refractivity contribution in [1.29, 1.82) is 0 Å². The van der Waals surface area contributed by atoms with Crippen LogP contribution in [0.1, 0.15) is 58.5 Å². The van der Waals surface area contributed by atoms with Gasteiger partial charge < -0.3 is 9.32 Å². The fourth-order valence-corrected chi connectivity index (χ4v) is 7.43. The van der Waals surface area contributed by atoms with Crippen molar-refractivity contribution in [1.82, 2.24) is 4.90 Å². The Morgan fingerprint density at radius 1 is 1.00 bits per heavy atom. The van der Waals surface area contributed by atoms with Crippen LogP contribution in [-0.4, -0.2) is 51.0 Å². The number of halogens is 3. The minimum absolute atomic E-state index is 0.127. The van der Waals surface area contributed by atoms with E-state index in [9.17, 15) is 26.8 Å². The quantitative estimate of drug-likeness (QED) is 0.137. The molecule has 0 bridgehead atoms. The zero-order valence-electron chi connectivity index (χ0n) is 26.4. The molecule has 1 aliphatic rings. The van der Waals surface area contributed by atoms with Gasteiger partial charge >= 0.3 is 0 Å². The van der Waals surface area contributed by atoms with E-state index in [1.807, 2.05) is 17.0 Å². The maximum atomic E-state index is 14.0. The number of hydrogen-bond donors (Lipinski definition) is 0. The van der Waals surface area contributed by atoms with Gasteiger partial charge in [0.05, 0.1) is 30.1 Å². The van der Waals surface area contributed by atoms with E-state index in [2.05, 4.69) is 0 Å². The number of hydrogen-bond acceptors (Lipinski definition) is 5. The van der Waals surface area contributed by atoms with Gasteiger partial charge in [-0.2, -0.15) is 0 Å². The summed E-state index contributed by atoms with van der Waals surface area (Å²) in [5.74, 6) is -0.672. The van der Waals surface area contributed by atoms with Crippen LogP contribution in [0.25, 0.3) is 33.4 Å². The number of Topliss-reactive ketones (excluding diaryl/α,β-unsaturated/α-hetero) is 1. The second-order valence-corrected chi connectivity index (χ2v) is 14.1. The van der Waals surface area contributed by atoms with Crippen molar-refractivity contribution in [2.45, 2.75) is 32.2 Å². The number of rotatable bonds is 10. The normalized spacial score (nSPS) is 14.9. The highest BCUT2D eigenvalue weighted by atomic mass is 35.5. The summed E-state index contributed by atoms with van der Waals surface area (Å²) in [6.07, 6.45) is 2.76. The zero-order chi connectivity index (χ0) is 34.2. The lowest BCUT2D eigenvalue weighted by atomic mass is 9.95. The first-order valence-electron chi connectivity index (χ1n) is 15.6. The lowest BCUT2D eigenvalue weighted by Crippen LogP contribution is -2.32. The number of sulfonamides is 1. The number of alkyl halides is 1. The molecule has 0 radical (unpaired) electrons. The molecule has 0 spiro atoms. The molecule has 2 heterocycles. The molecule has 0 aliphatic carbocycles. The average Bonchev–Trinajstić information content (AvgIpc) is 3.71. The molecule has 1 saturated heterocycles. The molecule has 5 aromatic rings. The van der Waals surface area contributed by atoms with Crippen LogP contribution in [0, 0.1) is 5.82 Å². The SMILES string of the molecule is CCC(=O)c1c(-c2ccc(F)cc2)oc2cc(N(CCF)S(C)(=O)=O)c(-c3cccc(C(=O)N4CCCC4c4ccc(Cl)cc4)c3)cc12. The highest BCUT2D eigenvalue weighted by molar-refractivity contribution is 7.92. The Labute approximate surface area is 282 Å². The third-order valence-corrected chi connectivity index (χ3v) is 10.1. The van der Waals surface area contributed by atoms with Crippen LogP contribution in [0.4, 0.5) is 14.5 Å². The summed E-state index contributed by atoms with van der Waals surface area (Å²) < 4.78 is 60.8. The minimum atomic E-state index is -3.98. The van der Waals surface area contributed by atoms with E-state index in [4.69, 9.17) is 16.0 Å². The number of nitrogens with zero attached hydrogens (tertiary/aromatic N) is 2. The Hall–Kier alpha value is -4.54. The smallest absolute Gasteiger partial charge is 0.254 e. The van der Waals surface area contributed by atoms with Crippen molar-refractivity contribution in [3.63, 3.8) is 0 Å². The molecule has 248 valence electrons. The fraction of sp³-hybridized carbons (Fsp3) is 0.243. The second kappa shape index (κ2) is 13.5. The molecule has 1 aliphatic heterocycles. The Balaban J connectivity index is 1.52. The largest absolute Gasteiger partial charge is 0.455 e. The molecule has 0 saturated carbocycles. The number of ketones is 1. The Morgan fingerprint density at radius 3 is 2.40 bits per heavy atom. The van der Waals surface area contributed by atoms with Crippen molar-refractivity contribution in [3.8, 4) is 22.5 Å². The van der Waals surface area contributed by atoms with Gasteiger partial charge in [0.15, 0.2) is 5.78 Å². The average molecular weight is 691 g/mol. The molecule has 1 fully saturated rings. The molecule has 7 nitrogen and oxygen atoms in total. The van der Waals surface area contributed by atoms with E-state index in [1.165, 1.54) is 30.3 Å². The summed E-state index contributed by atoms with van der Waals surface area (Å²) in [7, 11) is -3.98. The summed E-state index contributed by atoms with van der Waals surface area (Å²) in [5, 5.41) is 1.02. The van der Waals surface area contributed by atoms with Crippen molar-refractivity contribution >= 4 is 50.0 Å². The zero-order valence-corrected chi connectivity index (χ0v) is 28.0. The maximum absolute atomic E-state index is 14.0. The van der Waals surface area contributed by atoms with Gasteiger partial charge in [-0.15, -0.1) is 0 Å². The van der Waals surface area contributed by atoms with E-state index < -0.39 is 29.1 Å². The van der Waals surface area contributed by atoms with Crippen LogP contribution in [-0.2, 0) is 10.0 Å². The molecule has 0 N–H and O–H groups in total. The van der Waals surface area contributed by atoms with Crippen LogP contribution in [0.3, 0.4) is 0 Å². The number of carbonyl (C=O) groups excluding carboxylic acids is 2. The summed E-state index contributed by atoms with van der Waals surface area (Å²) in [4.78, 5) is 29.2. The molecule has 6 rings (SSSR count). The minimum Gasteiger partial charge on any atom is -0.455 e. The molecular formula is C37H33ClF2N2O5S. The van der Waals surface area contributed by atoms with Gasteiger partial charge in [0.1, 0.15) is 23.8 Å². The lowest BCUT2D eigenvalue weighted by molar-refractivity contribution is 0.0735. The molecule has 4 aromatic carbocycles. The van der Waals surface area contributed by atoms with Gasteiger partial charge in [-0.05, 0) is 78.6 Å². The van der Waals surface area contributed by atoms with E-state index in [0.29, 0.717) is 39.2 Å². The molecule has 1 amide bonds. The van der Waals surface area contributed by atoms with Crippen molar-refractivity contribution in [2.75, 3.05) is 30.3 Å². The van der Waals surface area contributed by atoms with Crippen molar-refractivity contribution in [2.24, 2.45) is 0 Å². The lowest BCUT2D eigenvalue weighted by Gasteiger charge is -2.26. The predicted octanol–water partition coefficient (Wildman–Crippen LogP) is 8.86. The first-order valence-corrected chi connectivity index (χ1v) is 17.8. The number of benzene rings is 4. The molecule has 1 aromatic heterocycles. The molecule has 1 unspecified atom stereocenters. The van der Waals surface area contributed by atoms with Crippen molar-refractivity contribution in [3.05, 3.63) is 112 Å². The molecule has 11 heteroatoms. The molecular weight excluding hydrogens is 658 g/mol. The van der Waals surface area contributed by atoms with Crippen LogP contribution < -0.4 is 4.31 Å². The van der Waals surface area contributed by atoms with Gasteiger partial charge in [0.2, 0.25) is 10.0 Å². The van der Waals surface area contributed by atoms with E-state index in [1.54, 1.807) is 49.4 Å². The summed E-state index contributed by atoms with van der Waals surface area (Å²) >= 11 is 6.10. The number of fused-ring (bicyclic) bond motifs is 1. The van der Waals surface area contributed by atoms with Gasteiger partial charge in [0, 0.05) is 46.1 Å². The van der Waals surface area contributed by atoms with Gasteiger partial charge in [-0.1, -0.05) is 42.8 Å². The number of anilines is 1. The Kier molecular flexibility index (Phi) is 9.40. The van der Waals surface area contributed by atoms with E-state index >= 15 is 0 Å². The standard InChI is InChI=1S/C37H33ClF2N2O5S/c1-3-33(43)35-30-21-29(25-6-4-7-26(20-25)37(44)41-18-5-8-31(41)23-9-13-27(38)14-10-23)32(42(19-17-39)48(2,45)46)22-34(30)47-36(35)24-11-15-28(40)16-12-24/h4,6-7,9-16,20-22,31H,3,5,8,17-19H2,1-2H3. The summed E-state index contributed by atoms with van der Waals surface area (Å²) in [6.45, 7) is 0.860. The summed E-state index contributed by atoms with van der Waals surface area (Å²) in [5.41, 5.74) is 3.28. The number of carbonyl (C=O) groups is 2. The number of amides is 1. The van der Waals surface area contributed by atoms with Crippen LogP contribution in [0.5, 0.6) is 0 Å². The van der Waals surface area contributed by atoms with Crippen LogP contribution in [0.15, 0.2) is 89.3 Å². The number of furan rings is 1. The predicted molar refractivity (Wildman–Crippen MR) is 184 cm³/mol. The first-order chi connectivity index (χ1) is 23.0. The number of likely N-dealkylation sites (tertiary alicyclic amines) is 1. The topological polar surface area (TPSA) is 87.9 Å². The highest BCUT2D eigenvalue weighted by Crippen LogP contribution is 2.42. The van der Waals surface area contributed by atoms with Gasteiger partial charge in [-0.25, -0.2) is 17.2 Å². The fourth-order valence-electron chi connectivity index (χ4n) is 6.40. The highest BCUT2D eigenvalue weighted by Gasteiger charge is 2.32. The van der Waals surface area contributed by atoms with E-state index in [0.717, 1.165) is 29.0 Å². The monoisotopic (exact) mass is 690 g/mol. The third-order valence-electron chi connectivity index (χ3n) is 8.66. The first kappa shape index (κ1) is 33.4. The van der Waals surface area contributed by atoms with Crippen LogP contribution in [0.2, 0.25) is 5.02 Å². The molecule has 48 heavy (non-hydrogen) atoms. The van der Waals surface area contributed by atoms with Crippen LogP contribution >= 0.6 is 11.6 Å². The Bertz CT molecular complexity index is 2110. The molecule has 1 atom stereocenters. The second-order valence-electron chi connectivity index (χ2n) is 11.8. The summed E-state index contributed by atoms with van der Waals surface area (Å²) in [6, 6.07) is 22.8.